The number of phenols is 1. The summed E-state index contributed by atoms with van der Waals surface area (Å²) in [4.78, 5) is 5.02. The summed E-state index contributed by atoms with van der Waals surface area (Å²) >= 11 is 0. The number of hydrogen-bond donors (Lipinski definition) is 3. The lowest BCUT2D eigenvalue weighted by atomic mass is 9.91. The van der Waals surface area contributed by atoms with Gasteiger partial charge in [-0.2, -0.15) is 0 Å². The van der Waals surface area contributed by atoms with Crippen LogP contribution >= 0.6 is 0 Å². The lowest BCUT2D eigenvalue weighted by Gasteiger charge is -2.43. The summed E-state index contributed by atoms with van der Waals surface area (Å²) < 4.78 is 0. The van der Waals surface area contributed by atoms with Gasteiger partial charge in [0, 0.05) is 36.4 Å². The number of aromatic nitrogens is 2. The molecule has 2 atom stereocenters. The molecule has 7 heteroatoms. The number of nitrogens with one attached hydrogen (secondary N) is 1. The zero-order valence-electron chi connectivity index (χ0n) is 20.1. The molecule has 3 aliphatic rings. The molecule has 4 N–H and O–H groups in total. The highest BCUT2D eigenvalue weighted by atomic mass is 16.3. The van der Waals surface area contributed by atoms with Gasteiger partial charge < -0.3 is 26.0 Å². The third kappa shape index (κ3) is 4.41. The minimum atomic E-state index is 0.201. The highest BCUT2D eigenvalue weighted by Gasteiger charge is 2.40. The zero-order valence-corrected chi connectivity index (χ0v) is 20.1. The maximum Gasteiger partial charge on any atom is 0.169 e. The lowest BCUT2D eigenvalue weighted by molar-refractivity contribution is 0.372. The van der Waals surface area contributed by atoms with E-state index in [1.165, 1.54) is 43.4 Å². The van der Waals surface area contributed by atoms with Crippen LogP contribution in [0.3, 0.4) is 0 Å². The van der Waals surface area contributed by atoms with Crippen LogP contribution in [0, 0.1) is 5.92 Å². The van der Waals surface area contributed by atoms with Crippen molar-refractivity contribution in [2.45, 2.75) is 44.2 Å². The van der Waals surface area contributed by atoms with Crippen LogP contribution in [0.25, 0.3) is 11.3 Å². The van der Waals surface area contributed by atoms with Gasteiger partial charge in [0.05, 0.1) is 11.4 Å². The first-order valence-corrected chi connectivity index (χ1v) is 12.9. The van der Waals surface area contributed by atoms with E-state index in [0.29, 0.717) is 29.2 Å². The van der Waals surface area contributed by atoms with E-state index in [-0.39, 0.29) is 5.75 Å². The van der Waals surface area contributed by atoms with Gasteiger partial charge in [-0.3, -0.25) is 0 Å². The van der Waals surface area contributed by atoms with E-state index in [1.54, 1.807) is 6.07 Å². The van der Waals surface area contributed by atoms with Crippen LogP contribution in [0.1, 0.15) is 31.2 Å². The van der Waals surface area contributed by atoms with Crippen molar-refractivity contribution >= 4 is 17.2 Å². The van der Waals surface area contributed by atoms with Gasteiger partial charge in [0.15, 0.2) is 5.82 Å². The Balaban J connectivity index is 1.22. The summed E-state index contributed by atoms with van der Waals surface area (Å²) in [5.74, 6) is 1.44. The summed E-state index contributed by atoms with van der Waals surface area (Å²) in [7, 11) is 0. The fourth-order valence-electron chi connectivity index (χ4n) is 6.25. The molecule has 7 nitrogen and oxygen atoms in total. The SMILES string of the molecule is Nc1nnc(-c2ccccc2O)cc1N1C[C@@H]2CC[C@@H](C1)N2c1cccc(CC2CCNCC2)c1. The van der Waals surface area contributed by atoms with Gasteiger partial charge in [0.1, 0.15) is 5.75 Å². The number of aromatic hydroxyl groups is 1. The molecular weight excluding hydrogens is 436 g/mol. The number of nitrogens with two attached hydrogens (primary N) is 1. The van der Waals surface area contributed by atoms with Crippen molar-refractivity contribution in [2.75, 3.05) is 41.7 Å². The molecule has 2 aromatic carbocycles. The minimum Gasteiger partial charge on any atom is -0.507 e. The molecule has 6 rings (SSSR count). The Labute approximate surface area is 207 Å². The average molecular weight is 471 g/mol. The summed E-state index contributed by atoms with van der Waals surface area (Å²) in [6.07, 6.45) is 6.10. The van der Waals surface area contributed by atoms with Gasteiger partial charge in [0.2, 0.25) is 0 Å². The maximum atomic E-state index is 10.3. The molecule has 2 bridgehead atoms. The van der Waals surface area contributed by atoms with Crippen molar-refractivity contribution in [3.05, 3.63) is 60.2 Å². The second-order valence-electron chi connectivity index (χ2n) is 10.3. The first-order chi connectivity index (χ1) is 17.2. The van der Waals surface area contributed by atoms with Crippen LogP contribution in [-0.4, -0.2) is 53.6 Å². The van der Waals surface area contributed by atoms with Crippen molar-refractivity contribution < 1.29 is 5.11 Å². The third-order valence-electron chi connectivity index (χ3n) is 8.00. The molecule has 35 heavy (non-hydrogen) atoms. The van der Waals surface area contributed by atoms with E-state index in [0.717, 1.165) is 37.8 Å². The smallest absolute Gasteiger partial charge is 0.169 e. The van der Waals surface area contributed by atoms with Crippen molar-refractivity contribution in [1.29, 1.82) is 0 Å². The highest BCUT2D eigenvalue weighted by Crippen LogP contribution is 2.39. The van der Waals surface area contributed by atoms with Gasteiger partial charge >= 0.3 is 0 Å². The van der Waals surface area contributed by atoms with Crippen molar-refractivity contribution in [1.82, 2.24) is 15.5 Å². The topological polar surface area (TPSA) is 90.5 Å². The lowest BCUT2D eigenvalue weighted by Crippen LogP contribution is -2.54. The number of para-hydroxylation sites is 1. The fraction of sp³-hybridized carbons (Fsp3) is 0.429. The Bertz CT molecular complexity index is 1180. The number of phenolic OH excluding ortho intramolecular Hbond substituents is 1. The standard InChI is InChI=1S/C28H34N6O/c29-28-26(16-25(31-32-28)24-6-1-2-7-27(24)35)33-17-22-8-9-23(18-33)34(22)21-5-3-4-20(15-21)14-19-10-12-30-13-11-19/h1-7,15-16,19,22-23,30,35H,8-14,17-18H2,(H2,29,32)/t22-,23-/m0/s1. The number of rotatable bonds is 5. The number of piperidine rings is 1. The second kappa shape index (κ2) is 9.38. The van der Waals surface area contributed by atoms with Gasteiger partial charge in [-0.1, -0.05) is 24.3 Å². The predicted octanol–water partition coefficient (Wildman–Crippen LogP) is 3.83. The predicted molar refractivity (Wildman–Crippen MR) is 141 cm³/mol. The minimum absolute atomic E-state index is 0.201. The van der Waals surface area contributed by atoms with E-state index < -0.39 is 0 Å². The average Bonchev–Trinajstić information content (AvgIpc) is 3.15. The Kier molecular flexibility index (Phi) is 5.94. The number of benzene rings is 2. The van der Waals surface area contributed by atoms with Crippen molar-refractivity contribution in [3.63, 3.8) is 0 Å². The number of hydrogen-bond acceptors (Lipinski definition) is 7. The monoisotopic (exact) mass is 470 g/mol. The largest absolute Gasteiger partial charge is 0.507 e. The quantitative estimate of drug-likeness (QED) is 0.522. The molecule has 0 radical (unpaired) electrons. The van der Waals surface area contributed by atoms with Gasteiger partial charge in [-0.05, 0) is 87.0 Å². The van der Waals surface area contributed by atoms with Crippen molar-refractivity contribution in [2.24, 2.45) is 5.92 Å². The second-order valence-corrected chi connectivity index (χ2v) is 10.3. The van der Waals surface area contributed by atoms with Crippen LogP contribution in [-0.2, 0) is 6.42 Å². The fourth-order valence-corrected chi connectivity index (χ4v) is 6.25. The first-order valence-electron chi connectivity index (χ1n) is 12.9. The van der Waals surface area contributed by atoms with E-state index in [4.69, 9.17) is 5.73 Å². The number of anilines is 3. The molecular formula is C28H34N6O. The normalized spacial score (nSPS) is 22.5. The summed E-state index contributed by atoms with van der Waals surface area (Å²) in [6, 6.07) is 19.4. The van der Waals surface area contributed by atoms with E-state index in [1.807, 2.05) is 24.3 Å². The molecule has 4 heterocycles. The van der Waals surface area contributed by atoms with E-state index in [2.05, 4.69) is 49.6 Å². The van der Waals surface area contributed by atoms with Crippen LogP contribution in [0.15, 0.2) is 54.6 Å². The zero-order chi connectivity index (χ0) is 23.8. The first kappa shape index (κ1) is 22.2. The van der Waals surface area contributed by atoms with E-state index in [9.17, 15) is 5.11 Å². The molecule has 3 saturated heterocycles. The molecule has 1 aromatic heterocycles. The molecule has 182 valence electrons. The van der Waals surface area contributed by atoms with Gasteiger partial charge in [-0.25, -0.2) is 0 Å². The van der Waals surface area contributed by atoms with Crippen LogP contribution in [0.5, 0.6) is 5.75 Å². The van der Waals surface area contributed by atoms with Gasteiger partial charge in [0.25, 0.3) is 0 Å². The summed E-state index contributed by atoms with van der Waals surface area (Å²) in [5.41, 5.74) is 11.4. The summed E-state index contributed by atoms with van der Waals surface area (Å²) in [6.45, 7) is 4.11. The van der Waals surface area contributed by atoms with Gasteiger partial charge in [-0.15, -0.1) is 10.2 Å². The highest BCUT2D eigenvalue weighted by molar-refractivity contribution is 5.74. The Morgan fingerprint density at radius 1 is 0.914 bits per heavy atom. The molecule has 0 aliphatic carbocycles. The molecule has 0 amide bonds. The van der Waals surface area contributed by atoms with Crippen molar-refractivity contribution in [3.8, 4) is 17.0 Å². The molecule has 3 aromatic rings. The number of fused-ring (bicyclic) bond motifs is 2. The molecule has 0 unspecified atom stereocenters. The molecule has 0 saturated carbocycles. The number of piperazine rings is 1. The van der Waals surface area contributed by atoms with Crippen LogP contribution in [0.4, 0.5) is 17.2 Å². The Morgan fingerprint density at radius 3 is 2.46 bits per heavy atom. The van der Waals surface area contributed by atoms with Crippen LogP contribution in [0.2, 0.25) is 0 Å². The third-order valence-corrected chi connectivity index (χ3v) is 8.00. The Hall–Kier alpha value is -3.32. The van der Waals surface area contributed by atoms with E-state index >= 15 is 0 Å². The number of nitrogen functional groups attached to an aromatic ring is 1. The summed E-state index contributed by atoms with van der Waals surface area (Å²) in [5, 5.41) is 22.3. The number of nitrogens with zero attached hydrogens (tertiary/aromatic N) is 4. The molecule has 0 spiro atoms. The molecule has 3 fully saturated rings. The van der Waals surface area contributed by atoms with Crippen LogP contribution < -0.4 is 20.9 Å². The Morgan fingerprint density at radius 2 is 1.69 bits per heavy atom. The maximum absolute atomic E-state index is 10.3. The molecule has 3 aliphatic heterocycles.